The van der Waals surface area contributed by atoms with E-state index in [2.05, 4.69) is 20.3 Å². The molecular formula is C36H47N5O9S. The molecule has 1 aromatic carbocycles. The number of hydrogen-bond acceptors (Lipinski definition) is 10. The normalized spacial score (nSPS) is 24.2. The Kier molecular flexibility index (Phi) is 11.8. The summed E-state index contributed by atoms with van der Waals surface area (Å²) in [7, 11) is -3.72. The molecule has 3 N–H and O–H groups in total. The van der Waals surface area contributed by atoms with E-state index >= 15 is 0 Å². The summed E-state index contributed by atoms with van der Waals surface area (Å²) in [5, 5.41) is 6.76. The molecule has 1 aromatic heterocycles. The van der Waals surface area contributed by atoms with Crippen LogP contribution in [0.15, 0.2) is 48.7 Å². The molecule has 276 valence electrons. The molecule has 2 saturated heterocycles. The van der Waals surface area contributed by atoms with Crippen molar-refractivity contribution in [2.24, 2.45) is 5.92 Å². The molecule has 4 atom stereocenters. The number of carbonyl (C=O) groups is 4. The van der Waals surface area contributed by atoms with Crippen LogP contribution in [0.1, 0.15) is 70.6 Å². The summed E-state index contributed by atoms with van der Waals surface area (Å²) in [6.45, 7) is 1.94. The fraction of sp³-hybridized carbons (Fsp3) is 0.583. The van der Waals surface area contributed by atoms with E-state index in [0.29, 0.717) is 96.4 Å². The van der Waals surface area contributed by atoms with Gasteiger partial charge in [-0.05, 0) is 56.0 Å². The first-order valence-electron chi connectivity index (χ1n) is 18.0. The van der Waals surface area contributed by atoms with Gasteiger partial charge in [-0.25, -0.2) is 18.2 Å². The predicted molar refractivity (Wildman–Crippen MR) is 187 cm³/mol. The second-order valence-electron chi connectivity index (χ2n) is 13.8. The van der Waals surface area contributed by atoms with Gasteiger partial charge < -0.3 is 29.7 Å². The SMILES string of the molecule is O=CN[C@]1(C(=O)NS(=O)(=O)C2CC2)C[C@H]1/C=C\CCCCC[C@H](NC(=O)OC1CCOCC1)C(=O)N1CC[C@@H](Oc2nccc3ccccc23)C1. The number of fused-ring (bicyclic) bond motifs is 1. The number of nitrogens with zero attached hydrogens (tertiary/aromatic N) is 2. The lowest BCUT2D eigenvalue weighted by Crippen LogP contribution is -2.50. The number of nitrogens with one attached hydrogen (secondary N) is 3. The third-order valence-corrected chi connectivity index (χ3v) is 11.9. The van der Waals surface area contributed by atoms with Crippen LogP contribution in [-0.4, -0.2) is 98.0 Å². The number of pyridine rings is 1. The Bertz CT molecular complexity index is 1710. The third-order valence-electron chi connectivity index (χ3n) is 10.1. The first-order valence-corrected chi connectivity index (χ1v) is 19.5. The van der Waals surface area contributed by atoms with E-state index in [9.17, 15) is 27.6 Å². The summed E-state index contributed by atoms with van der Waals surface area (Å²) >= 11 is 0. The van der Waals surface area contributed by atoms with Crippen LogP contribution in [0.4, 0.5) is 4.79 Å². The van der Waals surface area contributed by atoms with Gasteiger partial charge in [0.25, 0.3) is 5.91 Å². The molecule has 2 saturated carbocycles. The third kappa shape index (κ3) is 9.36. The number of rotatable bonds is 17. The van der Waals surface area contributed by atoms with Crippen LogP contribution in [0, 0.1) is 5.92 Å². The van der Waals surface area contributed by atoms with Gasteiger partial charge in [-0.2, -0.15) is 0 Å². The minimum atomic E-state index is -3.72. The van der Waals surface area contributed by atoms with Gasteiger partial charge in [0, 0.05) is 43.3 Å². The maximum Gasteiger partial charge on any atom is 0.408 e. The van der Waals surface area contributed by atoms with Crippen molar-refractivity contribution < 1.29 is 41.8 Å². The number of ether oxygens (including phenoxy) is 3. The van der Waals surface area contributed by atoms with Crippen LogP contribution < -0.4 is 20.1 Å². The van der Waals surface area contributed by atoms with Gasteiger partial charge in [-0.15, -0.1) is 0 Å². The van der Waals surface area contributed by atoms with Crippen molar-refractivity contribution in [3.05, 3.63) is 48.7 Å². The predicted octanol–water partition coefficient (Wildman–Crippen LogP) is 3.11. The molecule has 4 fully saturated rings. The van der Waals surface area contributed by atoms with Crippen molar-refractivity contribution in [1.82, 2.24) is 25.2 Å². The number of amides is 4. The summed E-state index contributed by atoms with van der Waals surface area (Å²) in [4.78, 5) is 56.8. The molecule has 0 bridgehead atoms. The van der Waals surface area contributed by atoms with Gasteiger partial charge >= 0.3 is 6.09 Å². The summed E-state index contributed by atoms with van der Waals surface area (Å²) in [6, 6.07) is 9.03. The highest BCUT2D eigenvalue weighted by atomic mass is 32.2. The Balaban J connectivity index is 0.984. The van der Waals surface area contributed by atoms with Crippen LogP contribution in [0.25, 0.3) is 10.8 Å². The maximum absolute atomic E-state index is 13.8. The van der Waals surface area contributed by atoms with Crippen molar-refractivity contribution in [2.75, 3.05) is 26.3 Å². The van der Waals surface area contributed by atoms with Gasteiger partial charge in [0.2, 0.25) is 28.2 Å². The fourth-order valence-electron chi connectivity index (χ4n) is 6.82. The number of carbonyl (C=O) groups excluding carboxylic acids is 4. The van der Waals surface area contributed by atoms with Crippen LogP contribution in [0.5, 0.6) is 5.88 Å². The Morgan fingerprint density at radius 3 is 2.63 bits per heavy atom. The molecule has 4 amide bonds. The molecule has 2 aliphatic carbocycles. The number of hydrogen-bond donors (Lipinski definition) is 3. The highest BCUT2D eigenvalue weighted by Crippen LogP contribution is 2.45. The topological polar surface area (TPSA) is 182 Å². The minimum absolute atomic E-state index is 0.175. The Hall–Kier alpha value is -4.24. The lowest BCUT2D eigenvalue weighted by molar-refractivity contribution is -0.133. The summed E-state index contributed by atoms with van der Waals surface area (Å²) in [5.74, 6) is -0.635. The molecular weight excluding hydrogens is 678 g/mol. The molecule has 51 heavy (non-hydrogen) atoms. The van der Waals surface area contributed by atoms with E-state index in [1.165, 1.54) is 0 Å². The van der Waals surface area contributed by atoms with Gasteiger partial charge in [0.1, 0.15) is 23.8 Å². The van der Waals surface area contributed by atoms with E-state index in [1.807, 2.05) is 42.5 Å². The second-order valence-corrected chi connectivity index (χ2v) is 15.8. The Labute approximate surface area is 298 Å². The zero-order valence-corrected chi connectivity index (χ0v) is 29.5. The van der Waals surface area contributed by atoms with Crippen molar-refractivity contribution >= 4 is 45.1 Å². The molecule has 14 nitrogen and oxygen atoms in total. The van der Waals surface area contributed by atoms with E-state index < -0.39 is 38.9 Å². The van der Waals surface area contributed by atoms with Gasteiger partial charge in [0.15, 0.2) is 0 Å². The smallest absolute Gasteiger partial charge is 0.408 e. The molecule has 2 aliphatic heterocycles. The lowest BCUT2D eigenvalue weighted by atomic mass is 10.1. The van der Waals surface area contributed by atoms with Crippen LogP contribution in [0.3, 0.4) is 0 Å². The van der Waals surface area contributed by atoms with E-state index in [4.69, 9.17) is 14.2 Å². The van der Waals surface area contributed by atoms with Crippen LogP contribution in [-0.2, 0) is 33.9 Å². The van der Waals surface area contributed by atoms with Gasteiger partial charge in [-0.1, -0.05) is 43.2 Å². The van der Waals surface area contributed by atoms with Crippen molar-refractivity contribution in [3.8, 4) is 5.88 Å². The number of unbranched alkanes of at least 4 members (excludes halogenated alkanes) is 3. The first kappa shape index (κ1) is 36.5. The fourth-order valence-corrected chi connectivity index (χ4v) is 8.18. The molecule has 15 heteroatoms. The molecule has 0 radical (unpaired) electrons. The van der Waals surface area contributed by atoms with Gasteiger partial charge in [-0.3, -0.25) is 19.1 Å². The molecule has 0 unspecified atom stereocenters. The first-order chi connectivity index (χ1) is 24.7. The minimum Gasteiger partial charge on any atom is -0.472 e. The van der Waals surface area contributed by atoms with Crippen LogP contribution >= 0.6 is 0 Å². The second kappa shape index (κ2) is 16.4. The standard InChI is InChI=1S/C36H47N5O9S/c42-24-38-36(34(44)40-51(46,47)29-12-13-29)22-26(36)9-4-2-1-3-5-11-31(39-35(45)50-27-16-20-48-21-17-27)33(43)41-19-15-28(23-41)49-32-30-10-7-6-8-25(30)14-18-37-32/h4,6-10,14,18,24,26-29,31H,1-3,5,11-13,15-17,19-23H2,(H,38,42)(H,39,45)(H,40,44)/b9-4-/t26-,28-,31+,36-/m1/s1. The molecule has 4 aliphatic rings. The number of alkyl carbamates (subject to hydrolysis) is 1. The molecule has 6 rings (SSSR count). The zero-order chi connectivity index (χ0) is 35.8. The highest BCUT2D eigenvalue weighted by Gasteiger charge is 2.60. The lowest BCUT2D eigenvalue weighted by Gasteiger charge is -2.26. The zero-order valence-electron chi connectivity index (χ0n) is 28.7. The van der Waals surface area contributed by atoms with Crippen molar-refractivity contribution in [2.45, 2.75) is 99.7 Å². The van der Waals surface area contributed by atoms with Crippen LogP contribution in [0.2, 0.25) is 0 Å². The number of benzene rings is 1. The largest absolute Gasteiger partial charge is 0.472 e. The van der Waals surface area contributed by atoms with E-state index in [1.54, 1.807) is 11.1 Å². The monoisotopic (exact) mass is 725 g/mol. The number of aromatic nitrogens is 1. The Morgan fingerprint density at radius 1 is 1.04 bits per heavy atom. The Morgan fingerprint density at radius 2 is 1.84 bits per heavy atom. The summed E-state index contributed by atoms with van der Waals surface area (Å²) in [5.41, 5.74) is -1.25. The number of allylic oxidation sites excluding steroid dienone is 1. The van der Waals surface area contributed by atoms with E-state index in [-0.39, 0.29) is 24.0 Å². The summed E-state index contributed by atoms with van der Waals surface area (Å²) < 4.78 is 43.9. The molecule has 0 spiro atoms. The van der Waals surface area contributed by atoms with E-state index in [0.717, 1.165) is 23.6 Å². The maximum atomic E-state index is 13.8. The average Bonchev–Trinajstić information content (AvgIpc) is 4.05. The summed E-state index contributed by atoms with van der Waals surface area (Å²) in [6.07, 6.45) is 11.5. The van der Waals surface area contributed by atoms with Gasteiger partial charge in [0.05, 0.1) is 25.0 Å². The average molecular weight is 726 g/mol. The highest BCUT2D eigenvalue weighted by molar-refractivity contribution is 7.91. The van der Waals surface area contributed by atoms with Crippen molar-refractivity contribution in [3.63, 3.8) is 0 Å². The quantitative estimate of drug-likeness (QED) is 0.125. The molecule has 2 aromatic rings. The van der Waals surface area contributed by atoms with Crippen molar-refractivity contribution in [1.29, 1.82) is 0 Å². The number of sulfonamides is 1. The number of likely N-dealkylation sites (tertiary alicyclic amines) is 1. The molecule has 3 heterocycles.